The molecule has 7 heavy (non-hydrogen) atoms. The molecule has 4 heteroatoms. The molecule has 43 valence electrons. The second kappa shape index (κ2) is 1150. The van der Waals surface area contributed by atoms with Gasteiger partial charge in [0, 0.05) is 20.4 Å². The van der Waals surface area contributed by atoms with Crippen molar-refractivity contribution in [3.63, 3.8) is 0 Å². The van der Waals surface area contributed by atoms with E-state index in [4.69, 9.17) is 14.4 Å². The Kier molecular flexibility index (Phi) is 4950. The molecule has 0 heterocycles. The first-order valence-corrected chi connectivity index (χ1v) is 0.866. The van der Waals surface area contributed by atoms with E-state index in [-0.39, 0.29) is 20.4 Å². The molecule has 0 bridgehead atoms. The molecule has 0 saturated heterocycles. The standard InChI is InChI=1S/3CH2O.Re/c3*1-2;/h3*1H2;. The van der Waals surface area contributed by atoms with E-state index in [1.54, 1.807) is 0 Å². The van der Waals surface area contributed by atoms with Gasteiger partial charge in [-0.3, -0.25) is 0 Å². The van der Waals surface area contributed by atoms with Crippen LogP contribution in [0, 0.1) is 0 Å². The maximum absolute atomic E-state index is 8.00. The van der Waals surface area contributed by atoms with Gasteiger partial charge in [-0.15, -0.1) is 0 Å². The minimum atomic E-state index is 0. The summed E-state index contributed by atoms with van der Waals surface area (Å²) in [7, 11) is 0. The molecule has 0 aromatic carbocycles. The van der Waals surface area contributed by atoms with Crippen molar-refractivity contribution in [3.05, 3.63) is 0 Å². The van der Waals surface area contributed by atoms with Crippen LogP contribution in [0.5, 0.6) is 0 Å². The summed E-state index contributed by atoms with van der Waals surface area (Å²) in [5, 5.41) is 0. The monoisotopic (exact) mass is 277 g/mol. The van der Waals surface area contributed by atoms with Crippen LogP contribution in [-0.2, 0) is 34.8 Å². The van der Waals surface area contributed by atoms with Crippen LogP contribution in [0.4, 0.5) is 0 Å². The molecule has 0 fully saturated rings. The van der Waals surface area contributed by atoms with E-state index in [0.717, 1.165) is 0 Å². The molecule has 0 amide bonds. The number of carbonyl (C=O) groups is 3. The van der Waals surface area contributed by atoms with Gasteiger partial charge in [0.05, 0.1) is 0 Å². The second-order valence-electron chi connectivity index (χ2n) is 0. The molecule has 1 radical (unpaired) electrons. The second-order valence-corrected chi connectivity index (χ2v) is 0. The third kappa shape index (κ3) is 713. The summed E-state index contributed by atoms with van der Waals surface area (Å²) in [6.45, 7) is 6.00. The predicted octanol–water partition coefficient (Wildman–Crippen LogP) is -0.557. The molecule has 0 atom stereocenters. The summed E-state index contributed by atoms with van der Waals surface area (Å²) in [5.41, 5.74) is 0. The van der Waals surface area contributed by atoms with Gasteiger partial charge in [0.25, 0.3) is 0 Å². The summed E-state index contributed by atoms with van der Waals surface area (Å²) in [6.07, 6.45) is 0. The van der Waals surface area contributed by atoms with E-state index in [1.165, 1.54) is 0 Å². The van der Waals surface area contributed by atoms with E-state index in [0.29, 0.717) is 0 Å². The Morgan fingerprint density at radius 3 is 0.571 bits per heavy atom. The van der Waals surface area contributed by atoms with Gasteiger partial charge in [-0.05, 0) is 0 Å². The average Bonchev–Trinajstić information content (AvgIpc) is 1.81. The molecule has 0 rings (SSSR count). The van der Waals surface area contributed by atoms with Crippen LogP contribution in [0.25, 0.3) is 0 Å². The van der Waals surface area contributed by atoms with Crippen LogP contribution in [0.1, 0.15) is 0 Å². The first kappa shape index (κ1) is 30.1. The van der Waals surface area contributed by atoms with Crippen molar-refractivity contribution in [2.45, 2.75) is 0 Å². The van der Waals surface area contributed by atoms with E-state index >= 15 is 0 Å². The smallest absolute Gasteiger partial charge is 0.106 e. The molecule has 0 unspecified atom stereocenters. The Balaban J connectivity index is -0.00000000900. The number of rotatable bonds is 0. The van der Waals surface area contributed by atoms with Crippen molar-refractivity contribution in [2.24, 2.45) is 0 Å². The Bertz CT molecular complexity index is 14.9. The Hall–Kier alpha value is -0.328. The van der Waals surface area contributed by atoms with Crippen molar-refractivity contribution in [1.29, 1.82) is 0 Å². The van der Waals surface area contributed by atoms with Crippen molar-refractivity contribution in [2.75, 3.05) is 0 Å². The topological polar surface area (TPSA) is 51.2 Å². The molecule has 0 aliphatic heterocycles. The van der Waals surface area contributed by atoms with E-state index in [2.05, 4.69) is 0 Å². The Morgan fingerprint density at radius 1 is 0.571 bits per heavy atom. The van der Waals surface area contributed by atoms with E-state index in [1.807, 2.05) is 20.4 Å². The first-order chi connectivity index (χ1) is 3.00. The number of hydrogen-bond donors (Lipinski definition) is 0. The van der Waals surface area contributed by atoms with Crippen molar-refractivity contribution >= 4 is 20.4 Å². The van der Waals surface area contributed by atoms with Crippen LogP contribution in [0.3, 0.4) is 0 Å². The molecule has 0 aromatic rings. The van der Waals surface area contributed by atoms with Crippen molar-refractivity contribution < 1.29 is 34.8 Å². The third-order valence-corrected chi connectivity index (χ3v) is 0. The maximum Gasteiger partial charge on any atom is 0.106 e. The van der Waals surface area contributed by atoms with Crippen LogP contribution >= 0.6 is 0 Å². The van der Waals surface area contributed by atoms with Gasteiger partial charge in [-0.1, -0.05) is 0 Å². The van der Waals surface area contributed by atoms with Gasteiger partial charge in [-0.25, -0.2) is 0 Å². The van der Waals surface area contributed by atoms with Crippen molar-refractivity contribution in [3.8, 4) is 0 Å². The zero-order valence-electron chi connectivity index (χ0n) is 3.72. The molecule has 0 aromatic heterocycles. The third-order valence-electron chi connectivity index (χ3n) is 0. The fraction of sp³-hybridized carbons (Fsp3) is 0. The van der Waals surface area contributed by atoms with E-state index in [9.17, 15) is 0 Å². The summed E-state index contributed by atoms with van der Waals surface area (Å²) in [5.74, 6) is 0. The summed E-state index contributed by atoms with van der Waals surface area (Å²) < 4.78 is 0. The zero-order chi connectivity index (χ0) is 6.00. The molecular weight excluding hydrogens is 270 g/mol. The number of carbonyl (C=O) groups excluding carboxylic acids is 3. The summed E-state index contributed by atoms with van der Waals surface area (Å²) >= 11 is 0. The minimum absolute atomic E-state index is 0. The molecule has 0 spiro atoms. The SMILES string of the molecule is C=O.C=O.C=O.[Re]. The largest absolute Gasteiger partial charge is 0.307 e. The molecule has 0 aliphatic rings. The van der Waals surface area contributed by atoms with Crippen LogP contribution in [0.2, 0.25) is 0 Å². The summed E-state index contributed by atoms with van der Waals surface area (Å²) in [4.78, 5) is 24.0. The fourth-order valence-corrected chi connectivity index (χ4v) is 0. The minimum Gasteiger partial charge on any atom is -0.307 e. The quantitative estimate of drug-likeness (QED) is 0.596. The normalized spacial score (nSPS) is 1.71. The van der Waals surface area contributed by atoms with Gasteiger partial charge < -0.3 is 14.4 Å². The van der Waals surface area contributed by atoms with Crippen LogP contribution in [-0.4, -0.2) is 20.4 Å². The molecule has 3 nitrogen and oxygen atoms in total. The van der Waals surface area contributed by atoms with Gasteiger partial charge in [0.1, 0.15) is 20.4 Å². The van der Waals surface area contributed by atoms with Crippen LogP contribution < -0.4 is 0 Å². The molecular formula is C3H6O3Re. The predicted molar refractivity (Wildman–Crippen MR) is 21.4 cm³/mol. The van der Waals surface area contributed by atoms with Crippen molar-refractivity contribution in [1.82, 2.24) is 0 Å². The van der Waals surface area contributed by atoms with Gasteiger partial charge in [-0.2, -0.15) is 0 Å². The first-order valence-electron chi connectivity index (χ1n) is 0.866. The maximum atomic E-state index is 8.00. The number of hydrogen-bond acceptors (Lipinski definition) is 3. The van der Waals surface area contributed by atoms with E-state index < -0.39 is 0 Å². The molecule has 0 saturated carbocycles. The van der Waals surface area contributed by atoms with Crippen LogP contribution in [0.15, 0.2) is 0 Å². The Labute approximate surface area is 55.7 Å². The average molecular weight is 276 g/mol. The summed E-state index contributed by atoms with van der Waals surface area (Å²) in [6, 6.07) is 0. The van der Waals surface area contributed by atoms with Gasteiger partial charge in [0.2, 0.25) is 0 Å². The zero-order valence-corrected chi connectivity index (χ0v) is 6.44. The molecule has 0 aliphatic carbocycles. The van der Waals surface area contributed by atoms with Gasteiger partial charge >= 0.3 is 0 Å². The van der Waals surface area contributed by atoms with Gasteiger partial charge in [0.15, 0.2) is 0 Å². The fourth-order valence-electron chi connectivity index (χ4n) is 0. The molecule has 0 N–H and O–H groups in total. The Morgan fingerprint density at radius 2 is 0.571 bits per heavy atom.